The van der Waals surface area contributed by atoms with Gasteiger partial charge in [0.15, 0.2) is 0 Å². The van der Waals surface area contributed by atoms with Crippen molar-refractivity contribution >= 4 is 28.7 Å². The van der Waals surface area contributed by atoms with Crippen LogP contribution in [0.2, 0.25) is 0 Å². The predicted octanol–water partition coefficient (Wildman–Crippen LogP) is 6.83. The van der Waals surface area contributed by atoms with Crippen molar-refractivity contribution in [3.05, 3.63) is 76.4 Å². The number of benzene rings is 2. The molecular weight excluding hydrogens is 543 g/mol. The number of halogens is 1. The van der Waals surface area contributed by atoms with Gasteiger partial charge in [-0.05, 0) is 105 Å². The lowest BCUT2D eigenvalue weighted by molar-refractivity contribution is 0.0871. The molecule has 2 bridgehead atoms. The zero-order valence-electron chi connectivity index (χ0n) is 21.1. The SMILES string of the molecule is Cc1ccc2c(c1)CCCC21CCc2ccc3cc2N(CC2CCC2C(OI)/C=C/CCNC3)C1. The van der Waals surface area contributed by atoms with Crippen LogP contribution in [0.5, 0.6) is 0 Å². The van der Waals surface area contributed by atoms with Gasteiger partial charge in [-0.25, -0.2) is 0 Å². The third-order valence-corrected chi connectivity index (χ3v) is 9.98. The number of aryl methyl sites for hydroxylation is 3. The third-order valence-electron chi connectivity index (χ3n) is 9.39. The van der Waals surface area contributed by atoms with E-state index in [2.05, 4.69) is 88.7 Å². The molecule has 2 aliphatic carbocycles. The number of nitrogens with one attached hydrogen (secondary N) is 1. The summed E-state index contributed by atoms with van der Waals surface area (Å²) in [5, 5.41) is 3.66. The van der Waals surface area contributed by atoms with Gasteiger partial charge < -0.3 is 13.3 Å². The lowest BCUT2D eigenvalue weighted by atomic mass is 9.66. The molecule has 1 saturated carbocycles. The maximum absolute atomic E-state index is 5.97. The van der Waals surface area contributed by atoms with Crippen LogP contribution in [0.15, 0.2) is 48.6 Å². The highest BCUT2D eigenvalue weighted by molar-refractivity contribution is 14.1. The average Bonchev–Trinajstić information content (AvgIpc) is 3.00. The molecule has 1 N–H and O–H groups in total. The van der Waals surface area contributed by atoms with E-state index in [0.29, 0.717) is 11.8 Å². The van der Waals surface area contributed by atoms with Crippen molar-refractivity contribution in [3.8, 4) is 0 Å². The zero-order valence-corrected chi connectivity index (χ0v) is 23.2. The summed E-state index contributed by atoms with van der Waals surface area (Å²) in [6.45, 7) is 6.51. The van der Waals surface area contributed by atoms with Crippen LogP contribution in [0.1, 0.15) is 66.3 Å². The fourth-order valence-electron chi connectivity index (χ4n) is 7.34. The van der Waals surface area contributed by atoms with Crippen LogP contribution < -0.4 is 10.2 Å². The summed E-state index contributed by atoms with van der Waals surface area (Å²) in [6.07, 6.45) is 14.9. The van der Waals surface area contributed by atoms with Crippen molar-refractivity contribution in [1.82, 2.24) is 5.32 Å². The van der Waals surface area contributed by atoms with Crippen molar-refractivity contribution < 1.29 is 3.07 Å². The molecule has 3 nitrogen and oxygen atoms in total. The standard InChI is InChI=1S/C31H39IN2O/c1-22-7-12-28-25(17-22)5-4-14-31(28)15-13-24-9-8-23-18-29(24)34(21-31)20-26-10-11-27(26)30(35-32)6-2-3-16-33-19-23/h2,6-9,12,17-18,26-27,30,33H,3-5,10-11,13-16,19-21H2,1H3/b6-2+. The second-order valence-corrected chi connectivity index (χ2v) is 12.1. The Morgan fingerprint density at radius 2 is 2.00 bits per heavy atom. The van der Waals surface area contributed by atoms with E-state index in [4.69, 9.17) is 3.07 Å². The van der Waals surface area contributed by atoms with Crippen LogP contribution in [0.4, 0.5) is 5.69 Å². The minimum Gasteiger partial charge on any atom is -0.370 e. The summed E-state index contributed by atoms with van der Waals surface area (Å²) >= 11 is 2.13. The third kappa shape index (κ3) is 4.71. The summed E-state index contributed by atoms with van der Waals surface area (Å²) < 4.78 is 5.97. The minimum atomic E-state index is 0.238. The normalized spacial score (nSPS) is 31.5. The van der Waals surface area contributed by atoms with Gasteiger partial charge in [-0.2, -0.15) is 0 Å². The van der Waals surface area contributed by atoms with Gasteiger partial charge in [0, 0.05) is 30.7 Å². The number of anilines is 1. The van der Waals surface area contributed by atoms with E-state index < -0.39 is 0 Å². The lowest BCUT2D eigenvalue weighted by Gasteiger charge is -2.46. The molecule has 2 aliphatic heterocycles. The van der Waals surface area contributed by atoms with E-state index in [9.17, 15) is 0 Å². The van der Waals surface area contributed by atoms with Crippen LogP contribution in [-0.2, 0) is 27.9 Å². The summed E-state index contributed by atoms with van der Waals surface area (Å²) in [5.41, 5.74) is 9.40. The van der Waals surface area contributed by atoms with E-state index in [1.165, 1.54) is 61.8 Å². The van der Waals surface area contributed by atoms with Gasteiger partial charge in [0.2, 0.25) is 0 Å². The van der Waals surface area contributed by atoms with Crippen molar-refractivity contribution in [2.75, 3.05) is 24.5 Å². The molecule has 0 aromatic heterocycles. The predicted molar refractivity (Wildman–Crippen MR) is 153 cm³/mol. The topological polar surface area (TPSA) is 24.5 Å². The second kappa shape index (κ2) is 10.2. The monoisotopic (exact) mass is 582 g/mol. The number of hydrogen-bond donors (Lipinski definition) is 1. The maximum atomic E-state index is 5.97. The Bertz CT molecular complexity index is 1100. The number of rotatable bonds is 1. The van der Waals surface area contributed by atoms with Gasteiger partial charge in [-0.3, -0.25) is 0 Å². The highest BCUT2D eigenvalue weighted by Crippen LogP contribution is 2.47. The Morgan fingerprint density at radius 1 is 1.06 bits per heavy atom. The highest BCUT2D eigenvalue weighted by atomic mass is 127. The largest absolute Gasteiger partial charge is 0.370 e. The Balaban J connectivity index is 1.39. The number of nitrogens with zero attached hydrogens (tertiary/aromatic N) is 1. The first kappa shape index (κ1) is 24.0. The molecule has 0 radical (unpaired) electrons. The van der Waals surface area contributed by atoms with E-state index >= 15 is 0 Å². The van der Waals surface area contributed by atoms with Gasteiger partial charge >= 0.3 is 0 Å². The highest BCUT2D eigenvalue weighted by Gasteiger charge is 2.43. The Hall–Kier alpha value is -1.37. The van der Waals surface area contributed by atoms with E-state index in [0.717, 1.165) is 32.6 Å². The quantitative estimate of drug-likeness (QED) is 0.295. The van der Waals surface area contributed by atoms with Gasteiger partial charge in [-0.15, -0.1) is 0 Å². The van der Waals surface area contributed by atoms with Crippen LogP contribution in [-0.4, -0.2) is 25.7 Å². The maximum Gasteiger partial charge on any atom is 0.110 e. The second-order valence-electron chi connectivity index (χ2n) is 11.6. The van der Waals surface area contributed by atoms with Crippen molar-refractivity contribution in [2.24, 2.45) is 11.8 Å². The van der Waals surface area contributed by atoms with E-state index in [1.54, 1.807) is 16.7 Å². The first-order valence-corrected chi connectivity index (χ1v) is 14.6. The van der Waals surface area contributed by atoms with Crippen molar-refractivity contribution in [1.29, 1.82) is 0 Å². The molecular formula is C31H39IN2O. The molecule has 4 atom stereocenters. The molecule has 35 heavy (non-hydrogen) atoms. The molecule has 6 rings (SSSR count). The molecule has 0 saturated heterocycles. The van der Waals surface area contributed by atoms with E-state index in [-0.39, 0.29) is 11.5 Å². The molecule has 4 heteroatoms. The summed E-state index contributed by atoms with van der Waals surface area (Å²) in [4.78, 5) is 2.82. The number of fused-ring (bicyclic) bond motifs is 4. The Kier molecular flexibility index (Phi) is 6.98. The smallest absolute Gasteiger partial charge is 0.110 e. The average molecular weight is 583 g/mol. The molecule has 2 aromatic carbocycles. The molecule has 0 amide bonds. The zero-order chi connectivity index (χ0) is 23.8. The number of hydrogen-bond acceptors (Lipinski definition) is 3. The van der Waals surface area contributed by atoms with Gasteiger partial charge in [-0.1, -0.05) is 48.0 Å². The van der Waals surface area contributed by atoms with E-state index in [1.807, 2.05) is 0 Å². The first-order chi connectivity index (χ1) is 17.1. The molecule has 2 heterocycles. The first-order valence-electron chi connectivity index (χ1n) is 13.8. The minimum absolute atomic E-state index is 0.238. The molecule has 1 fully saturated rings. The molecule has 4 aliphatic rings. The fourth-order valence-corrected chi connectivity index (χ4v) is 7.88. The summed E-state index contributed by atoms with van der Waals surface area (Å²) in [5.74, 6) is 1.33. The summed E-state index contributed by atoms with van der Waals surface area (Å²) in [6, 6.07) is 14.6. The van der Waals surface area contributed by atoms with Crippen molar-refractivity contribution in [3.63, 3.8) is 0 Å². The Morgan fingerprint density at radius 3 is 2.86 bits per heavy atom. The van der Waals surface area contributed by atoms with Crippen LogP contribution in [0, 0.1) is 18.8 Å². The Labute approximate surface area is 225 Å². The summed E-state index contributed by atoms with van der Waals surface area (Å²) in [7, 11) is 0. The molecule has 1 spiro atoms. The lowest BCUT2D eigenvalue weighted by Crippen LogP contribution is -2.48. The molecule has 186 valence electrons. The molecule has 2 aromatic rings. The fraction of sp³-hybridized carbons (Fsp3) is 0.548. The van der Waals surface area contributed by atoms with Crippen LogP contribution in [0.25, 0.3) is 0 Å². The van der Waals surface area contributed by atoms with Gasteiger partial charge in [0.25, 0.3) is 0 Å². The van der Waals surface area contributed by atoms with Crippen LogP contribution >= 0.6 is 23.0 Å². The van der Waals surface area contributed by atoms with Gasteiger partial charge in [0.1, 0.15) is 23.0 Å². The molecule has 4 unspecified atom stereocenters. The van der Waals surface area contributed by atoms with Gasteiger partial charge in [0.05, 0.1) is 6.10 Å². The van der Waals surface area contributed by atoms with Crippen LogP contribution in [0.3, 0.4) is 0 Å². The van der Waals surface area contributed by atoms with Crippen molar-refractivity contribution in [2.45, 2.75) is 76.4 Å².